The molecule has 3 aromatic rings. The monoisotopic (exact) mass is 499 g/mol. The molecular weight excluding hydrogens is 466 g/mol. The highest BCUT2D eigenvalue weighted by Gasteiger charge is 2.41. The van der Waals surface area contributed by atoms with Crippen LogP contribution in [0.25, 0.3) is 0 Å². The summed E-state index contributed by atoms with van der Waals surface area (Å²) < 4.78 is 0. The average Bonchev–Trinajstić information content (AvgIpc) is 3.34. The van der Waals surface area contributed by atoms with Crippen LogP contribution in [0.3, 0.4) is 0 Å². The van der Waals surface area contributed by atoms with Gasteiger partial charge in [-0.3, -0.25) is 4.79 Å². The Kier molecular flexibility index (Phi) is 7.00. The minimum absolute atomic E-state index is 0.0136. The van der Waals surface area contributed by atoms with Crippen LogP contribution in [0.4, 0.5) is 5.69 Å². The lowest BCUT2D eigenvalue weighted by Gasteiger charge is -2.33. The van der Waals surface area contributed by atoms with Crippen molar-refractivity contribution >= 4 is 17.6 Å². The maximum absolute atomic E-state index is 13.4. The Morgan fingerprint density at radius 2 is 1.70 bits per heavy atom. The molecule has 0 aromatic heterocycles. The lowest BCUT2D eigenvalue weighted by molar-refractivity contribution is -0.158. The Bertz CT molecular complexity index is 1290. The van der Waals surface area contributed by atoms with E-state index in [1.165, 1.54) is 5.56 Å². The molecule has 0 bridgehead atoms. The van der Waals surface area contributed by atoms with Gasteiger partial charge < -0.3 is 25.7 Å². The van der Waals surface area contributed by atoms with Crippen LogP contribution in [0.5, 0.6) is 0 Å². The largest absolute Gasteiger partial charge is 0.479 e. The first kappa shape index (κ1) is 25.0. The number of nitrogens with zero attached hydrogens (tertiary/aromatic N) is 2. The van der Waals surface area contributed by atoms with Crippen molar-refractivity contribution in [2.75, 3.05) is 31.1 Å². The van der Waals surface area contributed by atoms with E-state index < -0.39 is 11.6 Å². The lowest BCUT2D eigenvalue weighted by atomic mass is 9.88. The van der Waals surface area contributed by atoms with Crippen LogP contribution in [0.15, 0.2) is 72.8 Å². The molecule has 2 aliphatic heterocycles. The minimum atomic E-state index is -2.05. The number of anilines is 1. The number of carbonyl (C=O) groups is 2. The van der Waals surface area contributed by atoms with Gasteiger partial charge in [-0.05, 0) is 59.6 Å². The van der Waals surface area contributed by atoms with Crippen molar-refractivity contribution in [2.24, 2.45) is 5.73 Å². The van der Waals surface area contributed by atoms with Gasteiger partial charge in [0.1, 0.15) is 0 Å². The van der Waals surface area contributed by atoms with E-state index >= 15 is 0 Å². The highest BCUT2D eigenvalue weighted by molar-refractivity contribution is 5.95. The fourth-order valence-electron chi connectivity index (χ4n) is 5.59. The van der Waals surface area contributed by atoms with E-state index in [1.54, 1.807) is 30.3 Å². The highest BCUT2D eigenvalue weighted by Crippen LogP contribution is 2.34. The zero-order chi connectivity index (χ0) is 26.0. The van der Waals surface area contributed by atoms with Crippen molar-refractivity contribution < 1.29 is 19.8 Å². The van der Waals surface area contributed by atoms with Gasteiger partial charge in [0.25, 0.3) is 5.91 Å². The molecule has 5 rings (SSSR count). The molecule has 1 fully saturated rings. The molecule has 37 heavy (non-hydrogen) atoms. The van der Waals surface area contributed by atoms with Crippen LogP contribution in [-0.2, 0) is 23.4 Å². The molecule has 1 atom stereocenters. The molecule has 2 heterocycles. The summed E-state index contributed by atoms with van der Waals surface area (Å²) in [6.45, 7) is 2.39. The van der Waals surface area contributed by atoms with Gasteiger partial charge >= 0.3 is 5.97 Å². The first-order valence-electron chi connectivity index (χ1n) is 12.9. The fourth-order valence-corrected chi connectivity index (χ4v) is 5.59. The molecule has 0 radical (unpaired) electrons. The number of aliphatic carboxylic acids is 1. The van der Waals surface area contributed by atoms with Crippen molar-refractivity contribution in [3.8, 4) is 0 Å². The van der Waals surface area contributed by atoms with Crippen LogP contribution in [0, 0.1) is 0 Å². The summed E-state index contributed by atoms with van der Waals surface area (Å²) in [7, 11) is 0. The molecule has 0 saturated carbocycles. The molecule has 4 N–H and O–H groups in total. The second-order valence-corrected chi connectivity index (χ2v) is 10.1. The van der Waals surface area contributed by atoms with Crippen molar-refractivity contribution in [3.63, 3.8) is 0 Å². The summed E-state index contributed by atoms with van der Waals surface area (Å²) >= 11 is 0. The molecule has 0 spiro atoms. The van der Waals surface area contributed by atoms with E-state index in [0.717, 1.165) is 36.1 Å². The lowest BCUT2D eigenvalue weighted by Crippen LogP contribution is -2.46. The van der Waals surface area contributed by atoms with Crippen molar-refractivity contribution in [2.45, 2.75) is 37.3 Å². The van der Waals surface area contributed by atoms with Crippen LogP contribution in [0.1, 0.15) is 51.4 Å². The highest BCUT2D eigenvalue weighted by atomic mass is 16.4. The van der Waals surface area contributed by atoms with Crippen LogP contribution < -0.4 is 10.6 Å². The SMILES string of the molecule is NCc1cccc(C2CCN(C(=O)c3ccc4c(c3)N(CC(O)(C(=O)O)c3ccccc3)CC4)CC2)c1. The third kappa shape index (κ3) is 4.97. The fraction of sp³-hybridized carbons (Fsp3) is 0.333. The number of hydrogen-bond donors (Lipinski definition) is 3. The van der Waals surface area contributed by atoms with E-state index in [-0.39, 0.29) is 12.5 Å². The number of hydrogen-bond acceptors (Lipinski definition) is 5. The molecule has 7 nitrogen and oxygen atoms in total. The molecule has 7 heteroatoms. The Labute approximate surface area is 217 Å². The zero-order valence-corrected chi connectivity index (χ0v) is 20.8. The maximum Gasteiger partial charge on any atom is 0.342 e. The van der Waals surface area contributed by atoms with Gasteiger partial charge in [-0.1, -0.05) is 60.7 Å². The number of carbonyl (C=O) groups excluding carboxylic acids is 1. The number of piperidine rings is 1. The van der Waals surface area contributed by atoms with E-state index in [4.69, 9.17) is 5.73 Å². The Morgan fingerprint density at radius 3 is 2.41 bits per heavy atom. The van der Waals surface area contributed by atoms with E-state index in [1.807, 2.05) is 34.1 Å². The summed E-state index contributed by atoms with van der Waals surface area (Å²) in [5.41, 5.74) is 8.96. The predicted molar refractivity (Wildman–Crippen MR) is 143 cm³/mol. The first-order chi connectivity index (χ1) is 17.9. The number of carboxylic acid groups (broad SMARTS) is 1. The standard InChI is InChI=1S/C30H33N3O4/c31-19-21-5-4-6-24(17-21)22-11-14-32(15-12-22)28(34)25-10-9-23-13-16-33(27(23)18-25)20-30(37,29(35)36)26-7-2-1-3-8-26/h1-10,17-18,22,37H,11-16,19-20,31H2,(H,35,36). The molecule has 0 aliphatic carbocycles. The number of amides is 1. The average molecular weight is 500 g/mol. The van der Waals surface area contributed by atoms with Gasteiger partial charge in [-0.2, -0.15) is 0 Å². The molecule has 3 aromatic carbocycles. The van der Waals surface area contributed by atoms with Gasteiger partial charge in [0.15, 0.2) is 0 Å². The number of carboxylic acids is 1. The summed E-state index contributed by atoms with van der Waals surface area (Å²) in [5.74, 6) is -0.891. The maximum atomic E-state index is 13.4. The first-order valence-corrected chi connectivity index (χ1v) is 12.9. The summed E-state index contributed by atoms with van der Waals surface area (Å²) in [4.78, 5) is 29.3. The molecule has 1 saturated heterocycles. The van der Waals surface area contributed by atoms with Crippen LogP contribution in [-0.4, -0.2) is 53.2 Å². The Balaban J connectivity index is 1.30. The smallest absolute Gasteiger partial charge is 0.342 e. The number of nitrogens with two attached hydrogens (primary N) is 1. The van der Waals surface area contributed by atoms with Gasteiger partial charge in [0, 0.05) is 37.4 Å². The molecular formula is C30H33N3O4. The summed E-state index contributed by atoms with van der Waals surface area (Å²) in [6, 6.07) is 22.6. The third-order valence-electron chi connectivity index (χ3n) is 7.79. The summed E-state index contributed by atoms with van der Waals surface area (Å²) in [5, 5.41) is 21.1. The number of fused-ring (bicyclic) bond motifs is 1. The number of aliphatic hydroxyl groups is 1. The van der Waals surface area contributed by atoms with Crippen LogP contribution >= 0.6 is 0 Å². The number of rotatable bonds is 7. The molecule has 2 aliphatic rings. The van der Waals surface area contributed by atoms with Crippen LogP contribution in [0.2, 0.25) is 0 Å². The van der Waals surface area contributed by atoms with Gasteiger partial charge in [-0.15, -0.1) is 0 Å². The summed E-state index contributed by atoms with van der Waals surface area (Å²) in [6.07, 6.45) is 2.54. The normalized spacial score (nSPS) is 17.4. The van der Waals surface area contributed by atoms with Gasteiger partial charge in [0.05, 0.1) is 6.54 Å². The molecule has 1 amide bonds. The number of β-amino-alcohol motifs (C(OH)–C–C–N with tert-alkyl or cyclic N) is 1. The van der Waals surface area contributed by atoms with Crippen molar-refractivity contribution in [3.05, 3.63) is 101 Å². The second-order valence-electron chi connectivity index (χ2n) is 10.1. The zero-order valence-electron chi connectivity index (χ0n) is 20.8. The Hall–Kier alpha value is -3.68. The quantitative estimate of drug-likeness (QED) is 0.459. The predicted octanol–water partition coefficient (Wildman–Crippen LogP) is 3.50. The van der Waals surface area contributed by atoms with Gasteiger partial charge in [0.2, 0.25) is 5.60 Å². The number of likely N-dealkylation sites (tertiary alicyclic amines) is 1. The second kappa shape index (κ2) is 10.4. The third-order valence-corrected chi connectivity index (χ3v) is 7.79. The van der Waals surface area contributed by atoms with E-state index in [0.29, 0.717) is 43.2 Å². The minimum Gasteiger partial charge on any atom is -0.479 e. The van der Waals surface area contributed by atoms with Crippen molar-refractivity contribution in [1.82, 2.24) is 4.90 Å². The van der Waals surface area contributed by atoms with E-state index in [2.05, 4.69) is 18.2 Å². The van der Waals surface area contributed by atoms with Gasteiger partial charge in [-0.25, -0.2) is 4.79 Å². The number of benzene rings is 3. The Morgan fingerprint density at radius 1 is 0.946 bits per heavy atom. The molecule has 1 unspecified atom stereocenters. The van der Waals surface area contributed by atoms with E-state index in [9.17, 15) is 19.8 Å². The van der Waals surface area contributed by atoms with Crippen molar-refractivity contribution in [1.29, 1.82) is 0 Å². The topological polar surface area (TPSA) is 107 Å². The molecule has 192 valence electrons.